The number of aromatic nitrogens is 6. The van der Waals surface area contributed by atoms with Crippen molar-refractivity contribution in [3.8, 4) is 0 Å². The smallest absolute Gasteiger partial charge is 0.170 e. The fourth-order valence-corrected chi connectivity index (χ4v) is 7.99. The summed E-state index contributed by atoms with van der Waals surface area (Å²) in [4.78, 5) is 36.6. The first-order chi connectivity index (χ1) is 21.8. The molecule has 8 rings (SSSR count). The standard InChI is InChI=1S/C37H38N6O2/c1-22-38-13-15-42(22)20-26-7-11-32-34(36(26)44)28-18-24(5-9-30(28)40(32)3)17-25-6-10-31-29(19-25)35-33(41(31)4)12-8-27(37(35)45)21-43-16-14-39-23(43)2/h5-6,9-10,13-16,18-19,26-27H,7-8,11-12,17,20-21H2,1-4H3/t26-,27+. The number of hydrogen-bond donors (Lipinski definition) is 0. The molecule has 0 saturated carbocycles. The largest absolute Gasteiger partial charge is 0.347 e. The number of carbonyl (C=O) groups is 2. The van der Waals surface area contributed by atoms with E-state index in [-0.39, 0.29) is 23.4 Å². The lowest BCUT2D eigenvalue weighted by molar-refractivity contribution is 0.0880. The summed E-state index contributed by atoms with van der Waals surface area (Å²) >= 11 is 0. The van der Waals surface area contributed by atoms with E-state index in [4.69, 9.17) is 0 Å². The molecule has 45 heavy (non-hydrogen) atoms. The molecule has 2 atom stereocenters. The summed E-state index contributed by atoms with van der Waals surface area (Å²) in [5.74, 6) is 2.26. The van der Waals surface area contributed by atoms with Gasteiger partial charge in [-0.25, -0.2) is 9.97 Å². The van der Waals surface area contributed by atoms with Crippen molar-refractivity contribution in [3.63, 3.8) is 0 Å². The Balaban J connectivity index is 1.12. The quantitative estimate of drug-likeness (QED) is 0.230. The van der Waals surface area contributed by atoms with Crippen molar-refractivity contribution in [3.05, 3.63) is 106 Å². The van der Waals surface area contributed by atoms with Crippen LogP contribution in [-0.2, 0) is 46.4 Å². The van der Waals surface area contributed by atoms with Crippen molar-refractivity contribution < 1.29 is 9.59 Å². The minimum absolute atomic E-state index is 0.0506. The normalized spacial score (nSPS) is 18.2. The molecule has 6 aromatic rings. The summed E-state index contributed by atoms with van der Waals surface area (Å²) in [5.41, 5.74) is 8.61. The number of aryl methyl sites for hydroxylation is 4. The van der Waals surface area contributed by atoms with E-state index in [1.807, 2.05) is 26.2 Å². The first-order valence-corrected chi connectivity index (χ1v) is 16.0. The fourth-order valence-electron chi connectivity index (χ4n) is 7.99. The molecule has 4 aromatic heterocycles. The van der Waals surface area contributed by atoms with Gasteiger partial charge in [0.05, 0.1) is 0 Å². The predicted octanol–water partition coefficient (Wildman–Crippen LogP) is 6.16. The maximum atomic E-state index is 13.9. The predicted molar refractivity (Wildman–Crippen MR) is 175 cm³/mol. The fraction of sp³-hybridized carbons (Fsp3) is 0.351. The van der Waals surface area contributed by atoms with Gasteiger partial charge in [0, 0.05) is 108 Å². The van der Waals surface area contributed by atoms with Gasteiger partial charge < -0.3 is 18.3 Å². The number of benzene rings is 2. The maximum absolute atomic E-state index is 13.9. The zero-order valence-electron chi connectivity index (χ0n) is 26.4. The first-order valence-electron chi connectivity index (χ1n) is 16.0. The van der Waals surface area contributed by atoms with E-state index in [0.29, 0.717) is 13.1 Å². The van der Waals surface area contributed by atoms with Crippen LogP contribution in [0.4, 0.5) is 0 Å². The third kappa shape index (κ3) is 4.41. The molecule has 0 N–H and O–H groups in total. The van der Waals surface area contributed by atoms with Gasteiger partial charge in [-0.15, -0.1) is 0 Å². The molecule has 2 aliphatic carbocycles. The molecular formula is C37H38N6O2. The molecule has 8 heteroatoms. The molecule has 4 heterocycles. The zero-order valence-corrected chi connectivity index (χ0v) is 26.4. The molecule has 0 saturated heterocycles. The van der Waals surface area contributed by atoms with Gasteiger partial charge in [-0.1, -0.05) is 12.1 Å². The van der Waals surface area contributed by atoms with Gasteiger partial charge in [-0.05, 0) is 81.3 Å². The molecule has 0 spiro atoms. The molecule has 0 amide bonds. The van der Waals surface area contributed by atoms with Crippen LogP contribution in [0.15, 0.2) is 61.2 Å². The van der Waals surface area contributed by atoms with Gasteiger partial charge in [0.1, 0.15) is 11.6 Å². The van der Waals surface area contributed by atoms with Crippen molar-refractivity contribution >= 4 is 33.4 Å². The first kappa shape index (κ1) is 27.8. The minimum atomic E-state index is -0.0506. The van der Waals surface area contributed by atoms with Gasteiger partial charge >= 0.3 is 0 Å². The molecule has 0 fully saturated rings. The maximum Gasteiger partial charge on any atom is 0.170 e. The molecule has 2 aromatic carbocycles. The van der Waals surface area contributed by atoms with Crippen molar-refractivity contribution in [2.45, 2.75) is 59.0 Å². The Morgan fingerprint density at radius 3 is 1.53 bits per heavy atom. The van der Waals surface area contributed by atoms with E-state index in [2.05, 4.69) is 78.7 Å². The highest BCUT2D eigenvalue weighted by Gasteiger charge is 2.34. The van der Waals surface area contributed by atoms with Gasteiger partial charge in [-0.3, -0.25) is 9.59 Å². The van der Waals surface area contributed by atoms with Crippen LogP contribution in [0.2, 0.25) is 0 Å². The van der Waals surface area contributed by atoms with Crippen LogP contribution in [0, 0.1) is 25.7 Å². The molecule has 2 aliphatic rings. The van der Waals surface area contributed by atoms with Gasteiger partial charge in [0.25, 0.3) is 0 Å². The number of carbonyl (C=O) groups excluding carboxylic acids is 2. The Labute approximate surface area is 262 Å². The SMILES string of the molecule is Cc1nccn1C[C@H]1CCc2c(c3cc(Cc4ccc5c(c4)c4c(n5C)CC[C@@H](Cn5ccnc5C)C4=O)ccc3n2C)C1=O. The highest BCUT2D eigenvalue weighted by atomic mass is 16.1. The van der Waals surface area contributed by atoms with E-state index in [0.717, 1.165) is 88.1 Å². The summed E-state index contributed by atoms with van der Waals surface area (Å²) < 4.78 is 8.60. The number of rotatable bonds is 6. The molecule has 0 unspecified atom stereocenters. The summed E-state index contributed by atoms with van der Waals surface area (Å²) in [5, 5.41) is 2.10. The number of imidazole rings is 2. The van der Waals surface area contributed by atoms with Gasteiger partial charge in [0.15, 0.2) is 11.6 Å². The van der Waals surface area contributed by atoms with Crippen LogP contribution in [0.1, 0.15) is 67.7 Å². The number of fused-ring (bicyclic) bond motifs is 6. The zero-order chi connectivity index (χ0) is 31.0. The van der Waals surface area contributed by atoms with E-state index >= 15 is 0 Å². The summed E-state index contributed by atoms with van der Waals surface area (Å²) in [7, 11) is 4.17. The third-order valence-corrected chi connectivity index (χ3v) is 10.6. The van der Waals surface area contributed by atoms with Gasteiger partial charge in [0.2, 0.25) is 0 Å². The molecule has 228 valence electrons. The Morgan fingerprint density at radius 1 is 0.689 bits per heavy atom. The topological polar surface area (TPSA) is 79.6 Å². The highest BCUT2D eigenvalue weighted by Crippen LogP contribution is 2.37. The van der Waals surface area contributed by atoms with Crippen molar-refractivity contribution in [1.82, 2.24) is 28.2 Å². The van der Waals surface area contributed by atoms with E-state index in [1.54, 1.807) is 12.4 Å². The van der Waals surface area contributed by atoms with Crippen LogP contribution >= 0.6 is 0 Å². The van der Waals surface area contributed by atoms with Crippen LogP contribution in [-0.4, -0.2) is 39.8 Å². The van der Waals surface area contributed by atoms with Crippen molar-refractivity contribution in [1.29, 1.82) is 0 Å². The Hall–Kier alpha value is -4.72. The Morgan fingerprint density at radius 2 is 1.13 bits per heavy atom. The average molecular weight is 599 g/mol. The Kier molecular flexibility index (Phi) is 6.45. The van der Waals surface area contributed by atoms with Crippen LogP contribution in [0.3, 0.4) is 0 Å². The second kappa shape index (κ2) is 10.4. The summed E-state index contributed by atoms with van der Waals surface area (Å²) in [6, 6.07) is 13.1. The lowest BCUT2D eigenvalue weighted by Gasteiger charge is -2.23. The number of hydrogen-bond acceptors (Lipinski definition) is 4. The number of ketones is 2. The summed E-state index contributed by atoms with van der Waals surface area (Å²) in [6.45, 7) is 5.32. The minimum Gasteiger partial charge on any atom is -0.347 e. The van der Waals surface area contributed by atoms with Crippen molar-refractivity contribution in [2.75, 3.05) is 0 Å². The third-order valence-electron chi connectivity index (χ3n) is 10.6. The summed E-state index contributed by atoms with van der Waals surface area (Å²) in [6.07, 6.45) is 11.8. The van der Waals surface area contributed by atoms with Crippen LogP contribution < -0.4 is 0 Å². The van der Waals surface area contributed by atoms with Crippen LogP contribution in [0.5, 0.6) is 0 Å². The molecule has 0 radical (unpaired) electrons. The van der Waals surface area contributed by atoms with Crippen molar-refractivity contribution in [2.24, 2.45) is 25.9 Å². The van der Waals surface area contributed by atoms with Crippen LogP contribution in [0.25, 0.3) is 21.8 Å². The molecule has 0 aliphatic heterocycles. The average Bonchev–Trinajstić information content (AvgIpc) is 3.77. The lowest BCUT2D eigenvalue weighted by atomic mass is 9.84. The Bertz CT molecular complexity index is 2000. The highest BCUT2D eigenvalue weighted by molar-refractivity contribution is 6.12. The van der Waals surface area contributed by atoms with E-state index in [9.17, 15) is 9.59 Å². The number of Topliss-reactive ketones (excluding diaryl/α,β-unsaturated/α-hetero) is 2. The molecule has 8 nitrogen and oxygen atoms in total. The second-order valence-electron chi connectivity index (χ2n) is 13.1. The molecule has 0 bridgehead atoms. The lowest BCUT2D eigenvalue weighted by Crippen LogP contribution is -2.27. The van der Waals surface area contributed by atoms with E-state index in [1.165, 1.54) is 11.1 Å². The van der Waals surface area contributed by atoms with E-state index < -0.39 is 0 Å². The molecular weight excluding hydrogens is 560 g/mol. The van der Waals surface area contributed by atoms with Gasteiger partial charge in [-0.2, -0.15) is 0 Å². The second-order valence-corrected chi connectivity index (χ2v) is 13.1. The number of nitrogens with zero attached hydrogens (tertiary/aromatic N) is 6. The monoisotopic (exact) mass is 598 g/mol.